The Labute approximate surface area is 279 Å². The summed E-state index contributed by atoms with van der Waals surface area (Å²) in [5.41, 5.74) is 61.9. The van der Waals surface area contributed by atoms with Crippen LogP contribution in [0.3, 0.4) is 0 Å². The Hall–Kier alpha value is -7.76. The van der Waals surface area contributed by atoms with Crippen LogP contribution in [0, 0.1) is 5.92 Å². The number of esters is 2. The molecule has 0 radical (unpaired) electrons. The van der Waals surface area contributed by atoms with Crippen LogP contribution in [-0.4, -0.2) is 18.0 Å². The van der Waals surface area contributed by atoms with Crippen molar-refractivity contribution in [3.8, 4) is 0 Å². The summed E-state index contributed by atoms with van der Waals surface area (Å²) in [6.45, 7) is 8.43. The van der Waals surface area contributed by atoms with Gasteiger partial charge in [0.05, 0.1) is 5.92 Å². The SMILES string of the molecule is C=C=C=C=C=C=C=C=C=C=C=C=C=C=C=C=C=C=C=C=C=C=C=C.C[C@@H](C(=O)OCc1ccccc1)[C@H](N)C(=O)OCc1ccccc1. The van der Waals surface area contributed by atoms with Crippen LogP contribution in [0.4, 0.5) is 0 Å². The van der Waals surface area contributed by atoms with Crippen LogP contribution in [0.5, 0.6) is 0 Å². The van der Waals surface area contributed by atoms with Crippen LogP contribution in [0.25, 0.3) is 0 Å². The fraction of sp³-hybridized carbons (Fsp3) is 0.116. The number of rotatable bonds is 7. The molecule has 0 heterocycles. The molecule has 0 saturated carbocycles. The van der Waals surface area contributed by atoms with Crippen LogP contribution in [0.15, 0.2) is 200 Å². The number of hydrogen-bond acceptors (Lipinski definition) is 5. The third-order valence-corrected chi connectivity index (χ3v) is 4.99. The maximum atomic E-state index is 12.0. The fourth-order valence-electron chi connectivity index (χ4n) is 2.69. The van der Waals surface area contributed by atoms with Gasteiger partial charge in [-0.2, -0.15) is 0 Å². The lowest BCUT2D eigenvalue weighted by Crippen LogP contribution is -2.42. The van der Waals surface area contributed by atoms with Crippen LogP contribution in [0.2, 0.25) is 0 Å². The van der Waals surface area contributed by atoms with Gasteiger partial charge in [-0.3, -0.25) is 9.59 Å². The molecule has 5 nitrogen and oxygen atoms in total. The lowest BCUT2D eigenvalue weighted by Gasteiger charge is -2.17. The number of nitrogens with two attached hydrogens (primary N) is 1. The van der Waals surface area contributed by atoms with Crippen LogP contribution in [0.1, 0.15) is 18.1 Å². The van der Waals surface area contributed by atoms with Gasteiger partial charge in [-0.15, -0.1) is 0 Å². The average Bonchev–Trinajstić information content (AvgIpc) is 3.12. The lowest BCUT2D eigenvalue weighted by atomic mass is 10.0. The topological polar surface area (TPSA) is 78.6 Å². The molecule has 0 unspecified atom stereocenters. The molecular formula is C43H25NO4. The molecule has 2 aromatic rings. The monoisotopic (exact) mass is 619 g/mol. The first-order chi connectivity index (χ1) is 23.5. The Kier molecular flexibility index (Phi) is 21.4. The second-order valence-electron chi connectivity index (χ2n) is 8.35. The van der Waals surface area contributed by atoms with Crippen molar-refractivity contribution in [1.82, 2.24) is 0 Å². The predicted octanol–water partition coefficient (Wildman–Crippen LogP) is 6.65. The molecule has 226 valence electrons. The molecule has 0 aliphatic rings. The van der Waals surface area contributed by atoms with Crippen LogP contribution >= 0.6 is 0 Å². The highest BCUT2D eigenvalue weighted by Gasteiger charge is 2.29. The molecule has 2 atom stereocenters. The molecule has 0 aliphatic carbocycles. The maximum absolute atomic E-state index is 12.0. The number of benzene rings is 2. The van der Waals surface area contributed by atoms with Crippen LogP contribution in [-0.2, 0) is 32.3 Å². The van der Waals surface area contributed by atoms with Gasteiger partial charge < -0.3 is 15.2 Å². The second kappa shape index (κ2) is 26.8. The molecular weight excluding hydrogens is 594 g/mol. The largest absolute Gasteiger partial charge is 0.461 e. The van der Waals surface area contributed by atoms with E-state index < -0.39 is 23.9 Å². The zero-order chi connectivity index (χ0) is 34.9. The van der Waals surface area contributed by atoms with Gasteiger partial charge in [0.2, 0.25) is 0 Å². The molecule has 5 heteroatoms. The van der Waals surface area contributed by atoms with Gasteiger partial charge >= 0.3 is 11.9 Å². The van der Waals surface area contributed by atoms with Gasteiger partial charge in [-0.05, 0) is 123 Å². The summed E-state index contributed by atoms with van der Waals surface area (Å²) in [6, 6.07) is 17.5. The van der Waals surface area contributed by atoms with Crippen molar-refractivity contribution in [1.29, 1.82) is 0 Å². The van der Waals surface area contributed by atoms with Gasteiger partial charge in [0.15, 0.2) is 0 Å². The van der Waals surface area contributed by atoms with E-state index in [4.69, 9.17) is 15.2 Å². The van der Waals surface area contributed by atoms with Crippen molar-refractivity contribution in [3.05, 3.63) is 211 Å². The van der Waals surface area contributed by atoms with Gasteiger partial charge in [0.25, 0.3) is 0 Å². The zero-order valence-electron chi connectivity index (χ0n) is 26.0. The first-order valence-electron chi connectivity index (χ1n) is 13.7. The first kappa shape index (κ1) is 38.3. The van der Waals surface area contributed by atoms with Crippen molar-refractivity contribution in [3.63, 3.8) is 0 Å². The standard InChI is InChI=1S/C24H4.C19H21NO4/c1-3-5-7-9-11-13-15-17-19-21-23-24-22-20-18-16-14-12-10-8-6-4-2;1-14(18(21)23-12-15-8-4-2-5-9-15)17(20)19(22)24-13-16-10-6-3-7-11-16/h1-2H2;2-11,14,17H,12-13,20H2,1H3/t;14-,17+/m.1/s1. The fourth-order valence-corrected chi connectivity index (χ4v) is 2.69. The minimum Gasteiger partial charge on any atom is -0.461 e. The normalized spacial score (nSPS) is 8.38. The van der Waals surface area contributed by atoms with E-state index in [2.05, 4.69) is 139 Å². The number of carbonyl (C=O) groups is 2. The van der Waals surface area contributed by atoms with Crippen molar-refractivity contribution < 1.29 is 19.1 Å². The summed E-state index contributed by atoms with van der Waals surface area (Å²) >= 11 is 0. The van der Waals surface area contributed by atoms with Gasteiger partial charge in [0, 0.05) is 22.9 Å². The Morgan fingerprint density at radius 2 is 0.792 bits per heavy atom. The summed E-state index contributed by atoms with van der Waals surface area (Å²) in [5, 5.41) is 0. The Bertz CT molecular complexity index is 2140. The van der Waals surface area contributed by atoms with Gasteiger partial charge in [-0.25, -0.2) is 0 Å². The lowest BCUT2D eigenvalue weighted by molar-refractivity contribution is -0.157. The summed E-state index contributed by atoms with van der Waals surface area (Å²) in [5.74, 6) is -1.93. The number of ether oxygens (including phenoxy) is 2. The average molecular weight is 620 g/mol. The smallest absolute Gasteiger partial charge is 0.324 e. The van der Waals surface area contributed by atoms with E-state index in [0.717, 1.165) is 11.1 Å². The molecule has 0 amide bonds. The number of hydrogen-bond donors (Lipinski definition) is 1. The third-order valence-electron chi connectivity index (χ3n) is 4.99. The summed E-state index contributed by atoms with van der Waals surface area (Å²) < 4.78 is 10.3. The zero-order valence-corrected chi connectivity index (χ0v) is 26.0. The molecule has 48 heavy (non-hydrogen) atoms. The van der Waals surface area contributed by atoms with Crippen molar-refractivity contribution in [2.45, 2.75) is 26.2 Å². The molecule has 0 saturated heterocycles. The summed E-state index contributed by atoms with van der Waals surface area (Å²) in [6.07, 6.45) is 0. The van der Waals surface area contributed by atoms with Crippen molar-refractivity contribution >= 4 is 11.9 Å². The van der Waals surface area contributed by atoms with E-state index >= 15 is 0 Å². The minimum atomic E-state index is -1.06. The van der Waals surface area contributed by atoms with E-state index in [9.17, 15) is 9.59 Å². The summed E-state index contributed by atoms with van der Waals surface area (Å²) in [7, 11) is 0. The quantitative estimate of drug-likeness (QED) is 0.277. The molecule has 2 rings (SSSR count). The second-order valence-corrected chi connectivity index (χ2v) is 8.35. The van der Waals surface area contributed by atoms with E-state index in [-0.39, 0.29) is 13.2 Å². The number of carbonyl (C=O) groups excluding carboxylic acids is 2. The Balaban J connectivity index is 0.000000480. The van der Waals surface area contributed by atoms with E-state index in [0.29, 0.717) is 0 Å². The van der Waals surface area contributed by atoms with E-state index in [1.807, 2.05) is 60.7 Å². The molecule has 0 bridgehead atoms. The van der Waals surface area contributed by atoms with Crippen molar-refractivity contribution in [2.24, 2.45) is 11.7 Å². The Morgan fingerprint density at radius 1 is 0.521 bits per heavy atom. The highest BCUT2D eigenvalue weighted by atomic mass is 16.5. The Morgan fingerprint density at radius 3 is 1.08 bits per heavy atom. The van der Waals surface area contributed by atoms with E-state index in [1.165, 1.54) is 0 Å². The third kappa shape index (κ3) is 20.2. The minimum absolute atomic E-state index is 0.124. The molecule has 0 spiro atoms. The highest BCUT2D eigenvalue weighted by molar-refractivity contribution is 5.84. The van der Waals surface area contributed by atoms with Gasteiger partial charge in [0.1, 0.15) is 19.3 Å². The molecule has 0 fully saturated rings. The highest BCUT2D eigenvalue weighted by Crippen LogP contribution is 2.10. The molecule has 0 aromatic heterocycles. The molecule has 0 aliphatic heterocycles. The predicted molar refractivity (Wildman–Crippen MR) is 178 cm³/mol. The molecule has 2 N–H and O–H groups in total. The molecule has 2 aromatic carbocycles. The first-order valence-corrected chi connectivity index (χ1v) is 13.7. The van der Waals surface area contributed by atoms with Gasteiger partial charge in [-0.1, -0.05) is 72.1 Å². The van der Waals surface area contributed by atoms with Crippen molar-refractivity contribution in [2.75, 3.05) is 0 Å². The summed E-state index contributed by atoms with van der Waals surface area (Å²) in [4.78, 5) is 24.0. The van der Waals surface area contributed by atoms with E-state index in [1.54, 1.807) is 6.92 Å². The maximum Gasteiger partial charge on any atom is 0.324 e. The van der Waals surface area contributed by atoms with Crippen LogP contribution < -0.4 is 5.73 Å².